The molecule has 0 saturated heterocycles. The van der Waals surface area contributed by atoms with Crippen molar-refractivity contribution in [1.29, 1.82) is 0 Å². The van der Waals surface area contributed by atoms with E-state index in [2.05, 4.69) is 5.32 Å². The van der Waals surface area contributed by atoms with E-state index < -0.39 is 6.10 Å². The number of nitrogens with zero attached hydrogens (tertiary/aromatic N) is 1. The second-order valence-electron chi connectivity index (χ2n) is 5.51. The number of carbonyl (C=O) groups excluding carboxylic acids is 1. The molecule has 2 amide bonds. The normalized spacial score (nSPS) is 11.8. The number of hydrogen-bond donors (Lipinski definition) is 2. The van der Waals surface area contributed by atoms with Gasteiger partial charge in [-0.1, -0.05) is 24.3 Å². The molecule has 4 nitrogen and oxygen atoms in total. The summed E-state index contributed by atoms with van der Waals surface area (Å²) in [6, 6.07) is 13.0. The first kappa shape index (κ1) is 18.3. The fourth-order valence-electron chi connectivity index (χ4n) is 2.26. The monoisotopic (exact) mass is 348 g/mol. The van der Waals surface area contributed by atoms with E-state index in [4.69, 9.17) is 0 Å². The molecule has 24 heavy (non-hydrogen) atoms. The lowest BCUT2D eigenvalue weighted by atomic mass is 10.1. The second-order valence-corrected chi connectivity index (χ2v) is 6.38. The van der Waals surface area contributed by atoms with Crippen LogP contribution >= 0.6 is 11.8 Å². The molecule has 128 valence electrons. The Morgan fingerprint density at radius 2 is 2.00 bits per heavy atom. The number of rotatable bonds is 6. The smallest absolute Gasteiger partial charge is 0.321 e. The minimum Gasteiger partial charge on any atom is -0.387 e. The van der Waals surface area contributed by atoms with Crippen molar-refractivity contribution >= 4 is 23.5 Å². The van der Waals surface area contributed by atoms with Crippen LogP contribution in [-0.4, -0.2) is 35.9 Å². The summed E-state index contributed by atoms with van der Waals surface area (Å²) in [6.45, 7) is 0.113. The first-order valence-electron chi connectivity index (χ1n) is 7.53. The van der Waals surface area contributed by atoms with Crippen LogP contribution in [0.1, 0.15) is 17.2 Å². The molecule has 0 aliphatic carbocycles. The summed E-state index contributed by atoms with van der Waals surface area (Å²) >= 11 is 1.71. The van der Waals surface area contributed by atoms with E-state index in [9.17, 15) is 14.3 Å². The summed E-state index contributed by atoms with van der Waals surface area (Å²) in [5, 5.41) is 13.0. The van der Waals surface area contributed by atoms with Crippen LogP contribution in [0, 0.1) is 5.82 Å². The Hall–Kier alpha value is -2.05. The van der Waals surface area contributed by atoms with E-state index in [0.717, 1.165) is 17.0 Å². The molecule has 0 aliphatic heterocycles. The van der Waals surface area contributed by atoms with Gasteiger partial charge in [0.1, 0.15) is 5.82 Å². The van der Waals surface area contributed by atoms with Crippen molar-refractivity contribution in [2.45, 2.75) is 11.9 Å². The summed E-state index contributed by atoms with van der Waals surface area (Å²) in [6.07, 6.45) is 1.15. The molecule has 2 rings (SSSR count). The van der Waals surface area contributed by atoms with Gasteiger partial charge in [-0.2, -0.15) is 11.8 Å². The molecule has 0 bridgehead atoms. The van der Waals surface area contributed by atoms with E-state index in [-0.39, 0.29) is 18.4 Å². The van der Waals surface area contributed by atoms with Crippen molar-refractivity contribution in [2.75, 3.05) is 25.2 Å². The minimum absolute atomic E-state index is 0.113. The highest BCUT2D eigenvalue weighted by Gasteiger charge is 2.15. The van der Waals surface area contributed by atoms with Crippen molar-refractivity contribution in [3.05, 3.63) is 65.5 Å². The summed E-state index contributed by atoms with van der Waals surface area (Å²) < 4.78 is 12.9. The topological polar surface area (TPSA) is 52.6 Å². The van der Waals surface area contributed by atoms with Crippen molar-refractivity contribution < 1.29 is 14.3 Å². The number of amides is 2. The van der Waals surface area contributed by atoms with Gasteiger partial charge in [0, 0.05) is 18.5 Å². The molecule has 0 unspecified atom stereocenters. The van der Waals surface area contributed by atoms with Gasteiger partial charge in [0.05, 0.1) is 12.6 Å². The average Bonchev–Trinajstić information content (AvgIpc) is 2.56. The molecule has 1 atom stereocenters. The van der Waals surface area contributed by atoms with Crippen LogP contribution in [0.25, 0.3) is 0 Å². The molecule has 6 heteroatoms. The highest BCUT2D eigenvalue weighted by Crippen LogP contribution is 2.17. The second kappa shape index (κ2) is 8.70. The number of likely N-dealkylation sites (N-methyl/N-ethyl adjacent to an activating group) is 1. The number of benzene rings is 2. The molecule has 2 N–H and O–H groups in total. The highest BCUT2D eigenvalue weighted by molar-refractivity contribution is 7.97. The summed E-state index contributed by atoms with van der Waals surface area (Å²) in [5.41, 5.74) is 2.42. The Labute approximate surface area is 145 Å². The van der Waals surface area contributed by atoms with Crippen LogP contribution in [0.15, 0.2) is 48.5 Å². The highest BCUT2D eigenvalue weighted by atomic mass is 32.2. The lowest BCUT2D eigenvalue weighted by molar-refractivity contribution is 0.136. The van der Waals surface area contributed by atoms with Crippen LogP contribution < -0.4 is 5.32 Å². The molecule has 0 aliphatic rings. The SMILES string of the molecule is CSCc1cccc(NC(=O)N(C)C[C@@H](O)c2ccc(F)cc2)c1. The number of thioether (sulfide) groups is 1. The fourth-order valence-corrected chi connectivity index (χ4v) is 2.77. The van der Waals surface area contributed by atoms with Crippen molar-refractivity contribution in [3.63, 3.8) is 0 Å². The molecule has 0 heterocycles. The Bertz CT molecular complexity index is 679. The van der Waals surface area contributed by atoms with Crippen molar-refractivity contribution in [2.24, 2.45) is 0 Å². The fraction of sp³-hybridized carbons (Fsp3) is 0.278. The molecule has 0 aromatic heterocycles. The number of carbonyl (C=O) groups is 1. The molecular formula is C18H21FN2O2S. The van der Waals surface area contributed by atoms with Crippen LogP contribution in [0.5, 0.6) is 0 Å². The molecule has 2 aromatic carbocycles. The summed E-state index contributed by atoms with van der Waals surface area (Å²) in [4.78, 5) is 13.6. The van der Waals surface area contributed by atoms with Gasteiger partial charge in [-0.25, -0.2) is 9.18 Å². The van der Waals surface area contributed by atoms with Crippen LogP contribution in [0.3, 0.4) is 0 Å². The van der Waals surface area contributed by atoms with Gasteiger partial charge in [0.25, 0.3) is 0 Å². The van der Waals surface area contributed by atoms with E-state index in [1.165, 1.54) is 29.2 Å². The third-order valence-electron chi connectivity index (χ3n) is 3.54. The van der Waals surface area contributed by atoms with E-state index in [0.29, 0.717) is 5.56 Å². The molecule has 0 fully saturated rings. The first-order valence-corrected chi connectivity index (χ1v) is 8.92. The molecule has 0 radical (unpaired) electrons. The predicted octanol–water partition coefficient (Wildman–Crippen LogP) is 3.89. The Morgan fingerprint density at radius 3 is 2.67 bits per heavy atom. The summed E-state index contributed by atoms with van der Waals surface area (Å²) in [7, 11) is 1.60. The summed E-state index contributed by atoms with van der Waals surface area (Å²) in [5.74, 6) is 0.519. The van der Waals surface area contributed by atoms with Crippen molar-refractivity contribution in [1.82, 2.24) is 4.90 Å². The molecule has 0 spiro atoms. The van der Waals surface area contributed by atoms with Gasteiger partial charge in [-0.3, -0.25) is 0 Å². The average molecular weight is 348 g/mol. The van der Waals surface area contributed by atoms with Gasteiger partial charge >= 0.3 is 6.03 Å². The minimum atomic E-state index is -0.871. The maximum atomic E-state index is 12.9. The van der Waals surface area contributed by atoms with Gasteiger partial charge in [0.2, 0.25) is 0 Å². The number of nitrogens with one attached hydrogen (secondary N) is 1. The lowest BCUT2D eigenvalue weighted by Crippen LogP contribution is -2.34. The van der Waals surface area contributed by atoms with E-state index >= 15 is 0 Å². The number of hydrogen-bond acceptors (Lipinski definition) is 3. The van der Waals surface area contributed by atoms with E-state index in [1.807, 2.05) is 30.5 Å². The molecule has 0 saturated carbocycles. The van der Waals surface area contributed by atoms with E-state index in [1.54, 1.807) is 18.8 Å². The number of anilines is 1. The van der Waals surface area contributed by atoms with Gasteiger partial charge in [-0.05, 0) is 41.6 Å². The predicted molar refractivity (Wildman–Crippen MR) is 96.7 cm³/mol. The number of halogens is 1. The zero-order chi connectivity index (χ0) is 17.5. The van der Waals surface area contributed by atoms with Crippen LogP contribution in [0.2, 0.25) is 0 Å². The quantitative estimate of drug-likeness (QED) is 0.833. The Morgan fingerprint density at radius 1 is 1.29 bits per heavy atom. The molecular weight excluding hydrogens is 327 g/mol. The number of aliphatic hydroxyl groups is 1. The third-order valence-corrected chi connectivity index (χ3v) is 4.16. The lowest BCUT2D eigenvalue weighted by Gasteiger charge is -2.21. The third kappa shape index (κ3) is 5.25. The maximum absolute atomic E-state index is 12.9. The van der Waals surface area contributed by atoms with Gasteiger partial charge in [0.15, 0.2) is 0 Å². The van der Waals surface area contributed by atoms with Crippen molar-refractivity contribution in [3.8, 4) is 0 Å². The van der Waals surface area contributed by atoms with Gasteiger partial charge in [-0.15, -0.1) is 0 Å². The Balaban J connectivity index is 1.94. The standard InChI is InChI=1S/C18H21FN2O2S/c1-21(11-17(22)14-6-8-15(19)9-7-14)18(23)20-16-5-3-4-13(10-16)12-24-2/h3-10,17,22H,11-12H2,1-2H3,(H,20,23)/t17-/m1/s1. The maximum Gasteiger partial charge on any atom is 0.321 e. The zero-order valence-corrected chi connectivity index (χ0v) is 14.5. The molecule has 2 aromatic rings. The first-order chi connectivity index (χ1) is 11.5. The number of aliphatic hydroxyl groups excluding tert-OH is 1. The van der Waals surface area contributed by atoms with Crippen LogP contribution in [0.4, 0.5) is 14.9 Å². The van der Waals surface area contributed by atoms with Crippen LogP contribution in [-0.2, 0) is 5.75 Å². The Kier molecular flexibility index (Phi) is 6.63. The van der Waals surface area contributed by atoms with Gasteiger partial charge < -0.3 is 15.3 Å². The number of urea groups is 1. The largest absolute Gasteiger partial charge is 0.387 e. The zero-order valence-electron chi connectivity index (χ0n) is 13.7.